The molecule has 0 aliphatic rings. The van der Waals surface area contributed by atoms with Crippen LogP contribution in [0.2, 0.25) is 0 Å². The minimum atomic E-state index is -0.399. The van der Waals surface area contributed by atoms with Gasteiger partial charge in [-0.05, 0) is 13.3 Å². The Balaban J connectivity index is 2.88. The van der Waals surface area contributed by atoms with Gasteiger partial charge in [-0.1, -0.05) is 18.7 Å². The van der Waals surface area contributed by atoms with Crippen LogP contribution in [0.1, 0.15) is 30.6 Å². The Morgan fingerprint density at radius 3 is 2.88 bits per heavy atom. The number of thioether (sulfide) groups is 1. The fourth-order valence-corrected chi connectivity index (χ4v) is 1.85. The van der Waals surface area contributed by atoms with E-state index >= 15 is 0 Å². The average Bonchev–Trinajstić information content (AvgIpc) is 2.36. The first-order valence-electron chi connectivity index (χ1n) is 5.57. The van der Waals surface area contributed by atoms with Crippen molar-refractivity contribution in [2.75, 3.05) is 24.7 Å². The lowest BCUT2D eigenvalue weighted by Crippen LogP contribution is -2.10. The molecule has 0 saturated heterocycles. The van der Waals surface area contributed by atoms with E-state index in [0.717, 1.165) is 12.2 Å². The van der Waals surface area contributed by atoms with Gasteiger partial charge in [-0.15, -0.1) is 0 Å². The lowest BCUT2D eigenvalue weighted by Gasteiger charge is -2.08. The second kappa shape index (κ2) is 7.11. The van der Waals surface area contributed by atoms with Crippen molar-refractivity contribution in [1.82, 2.24) is 9.97 Å². The number of rotatable bonds is 6. The van der Waals surface area contributed by atoms with Crippen LogP contribution >= 0.6 is 11.8 Å². The third kappa shape index (κ3) is 3.89. The van der Waals surface area contributed by atoms with Crippen molar-refractivity contribution in [2.45, 2.75) is 25.4 Å². The van der Waals surface area contributed by atoms with Gasteiger partial charge >= 0.3 is 5.97 Å². The Hall–Kier alpha value is -1.30. The van der Waals surface area contributed by atoms with Crippen LogP contribution in [0.5, 0.6) is 0 Å². The Morgan fingerprint density at radius 2 is 2.29 bits per heavy atom. The van der Waals surface area contributed by atoms with Gasteiger partial charge in [-0.3, -0.25) is 0 Å². The van der Waals surface area contributed by atoms with Crippen LogP contribution in [0.4, 0.5) is 5.82 Å². The van der Waals surface area contributed by atoms with E-state index in [9.17, 15) is 4.79 Å². The molecule has 0 aromatic carbocycles. The first-order chi connectivity index (χ1) is 8.22. The van der Waals surface area contributed by atoms with Gasteiger partial charge in [-0.2, -0.15) is 0 Å². The number of carbonyl (C=O) groups is 1. The molecule has 0 fully saturated rings. The lowest BCUT2D eigenvalue weighted by molar-refractivity contribution is 0.0526. The smallest absolute Gasteiger partial charge is 0.343 e. The van der Waals surface area contributed by atoms with Crippen molar-refractivity contribution >= 4 is 23.5 Å². The van der Waals surface area contributed by atoms with Crippen molar-refractivity contribution in [3.63, 3.8) is 0 Å². The number of nitrogens with zero attached hydrogens (tertiary/aromatic N) is 2. The zero-order valence-electron chi connectivity index (χ0n) is 10.3. The summed E-state index contributed by atoms with van der Waals surface area (Å²) in [7, 11) is 1.72. The third-order valence-electron chi connectivity index (χ3n) is 1.93. The summed E-state index contributed by atoms with van der Waals surface area (Å²) in [5, 5.41) is 3.56. The highest BCUT2D eigenvalue weighted by Gasteiger charge is 2.14. The molecule has 1 aromatic heterocycles. The molecule has 0 unspecified atom stereocenters. The highest BCUT2D eigenvalue weighted by Crippen LogP contribution is 2.19. The van der Waals surface area contributed by atoms with E-state index in [1.165, 1.54) is 6.20 Å². The molecule has 0 aliphatic carbocycles. The quantitative estimate of drug-likeness (QED) is 0.477. The van der Waals surface area contributed by atoms with Gasteiger partial charge < -0.3 is 10.1 Å². The van der Waals surface area contributed by atoms with Crippen molar-refractivity contribution in [3.8, 4) is 0 Å². The van der Waals surface area contributed by atoms with Crippen molar-refractivity contribution in [1.29, 1.82) is 0 Å². The molecule has 0 amide bonds. The van der Waals surface area contributed by atoms with Crippen LogP contribution in [-0.2, 0) is 4.74 Å². The predicted octanol–water partition coefficient (Wildman–Crippen LogP) is 2.20. The summed E-state index contributed by atoms with van der Waals surface area (Å²) >= 11 is 1.57. The van der Waals surface area contributed by atoms with E-state index < -0.39 is 5.97 Å². The van der Waals surface area contributed by atoms with E-state index in [1.807, 2.05) is 0 Å². The topological polar surface area (TPSA) is 64.1 Å². The Bertz CT molecular complexity index is 385. The zero-order chi connectivity index (χ0) is 12.7. The Morgan fingerprint density at radius 1 is 1.53 bits per heavy atom. The first kappa shape index (κ1) is 13.8. The standard InChI is InChI=1S/C11H17N3O2S/c1-4-6-17-11-13-7-8(9(12-3)14-11)10(15)16-5-2/h7H,4-6H2,1-3H3,(H,12,13,14). The number of aromatic nitrogens is 2. The van der Waals surface area contributed by atoms with Crippen LogP contribution in [0.25, 0.3) is 0 Å². The zero-order valence-corrected chi connectivity index (χ0v) is 11.1. The number of hydrogen-bond acceptors (Lipinski definition) is 6. The fourth-order valence-electron chi connectivity index (χ4n) is 1.18. The summed E-state index contributed by atoms with van der Waals surface area (Å²) in [5.74, 6) is 1.07. The van der Waals surface area contributed by atoms with E-state index in [-0.39, 0.29) is 0 Å². The molecule has 1 aromatic rings. The van der Waals surface area contributed by atoms with Gasteiger partial charge in [0.25, 0.3) is 0 Å². The van der Waals surface area contributed by atoms with E-state index in [0.29, 0.717) is 23.1 Å². The van der Waals surface area contributed by atoms with Crippen molar-refractivity contribution < 1.29 is 9.53 Å². The molecule has 94 valence electrons. The molecule has 0 radical (unpaired) electrons. The third-order valence-corrected chi connectivity index (χ3v) is 3.00. The van der Waals surface area contributed by atoms with Crippen molar-refractivity contribution in [3.05, 3.63) is 11.8 Å². The van der Waals surface area contributed by atoms with Crippen LogP contribution < -0.4 is 5.32 Å². The Labute approximate surface area is 105 Å². The summed E-state index contributed by atoms with van der Waals surface area (Å²) in [4.78, 5) is 20.0. The molecule has 0 bridgehead atoms. The lowest BCUT2D eigenvalue weighted by atomic mass is 10.3. The second-order valence-electron chi connectivity index (χ2n) is 3.23. The van der Waals surface area contributed by atoms with Gasteiger partial charge in [0.2, 0.25) is 0 Å². The number of esters is 1. The van der Waals surface area contributed by atoms with E-state index in [2.05, 4.69) is 22.2 Å². The molecule has 1 N–H and O–H groups in total. The number of carbonyl (C=O) groups excluding carboxylic acids is 1. The minimum absolute atomic E-state index is 0.342. The van der Waals surface area contributed by atoms with Gasteiger partial charge in [0.15, 0.2) is 5.16 Å². The maximum absolute atomic E-state index is 11.6. The molecule has 1 heterocycles. The molecule has 0 saturated carbocycles. The normalized spacial score (nSPS) is 10.1. The number of anilines is 1. The van der Waals surface area contributed by atoms with E-state index in [4.69, 9.17) is 4.74 Å². The number of ether oxygens (including phenoxy) is 1. The molecule has 0 spiro atoms. The average molecular weight is 255 g/mol. The maximum Gasteiger partial charge on any atom is 0.343 e. The highest BCUT2D eigenvalue weighted by atomic mass is 32.2. The SMILES string of the molecule is CCCSc1ncc(C(=O)OCC)c(NC)n1. The highest BCUT2D eigenvalue weighted by molar-refractivity contribution is 7.99. The Kier molecular flexibility index (Phi) is 5.76. The second-order valence-corrected chi connectivity index (χ2v) is 4.30. The maximum atomic E-state index is 11.6. The molecular weight excluding hydrogens is 238 g/mol. The molecule has 17 heavy (non-hydrogen) atoms. The molecule has 5 nitrogen and oxygen atoms in total. The van der Waals surface area contributed by atoms with Crippen molar-refractivity contribution in [2.24, 2.45) is 0 Å². The number of hydrogen-bond donors (Lipinski definition) is 1. The monoisotopic (exact) mass is 255 g/mol. The molecular formula is C11H17N3O2S. The van der Waals surface area contributed by atoms with Gasteiger partial charge in [0.05, 0.1) is 6.61 Å². The summed E-state index contributed by atoms with van der Waals surface area (Å²) in [6.45, 7) is 4.20. The minimum Gasteiger partial charge on any atom is -0.462 e. The van der Waals surface area contributed by atoms with Crippen LogP contribution in [0.15, 0.2) is 11.4 Å². The van der Waals surface area contributed by atoms with Gasteiger partial charge in [0.1, 0.15) is 11.4 Å². The van der Waals surface area contributed by atoms with Crippen LogP contribution in [0, 0.1) is 0 Å². The first-order valence-corrected chi connectivity index (χ1v) is 6.56. The fraction of sp³-hybridized carbons (Fsp3) is 0.545. The largest absolute Gasteiger partial charge is 0.462 e. The van der Waals surface area contributed by atoms with Crippen LogP contribution in [-0.4, -0.2) is 35.3 Å². The summed E-state index contributed by atoms with van der Waals surface area (Å²) < 4.78 is 4.93. The predicted molar refractivity (Wildman–Crippen MR) is 68.6 cm³/mol. The van der Waals surface area contributed by atoms with Gasteiger partial charge in [0, 0.05) is 19.0 Å². The molecule has 0 aliphatic heterocycles. The summed E-state index contributed by atoms with van der Waals surface area (Å²) in [6, 6.07) is 0. The molecule has 6 heteroatoms. The van der Waals surface area contributed by atoms with E-state index in [1.54, 1.807) is 25.7 Å². The molecule has 0 atom stereocenters. The van der Waals surface area contributed by atoms with Gasteiger partial charge in [-0.25, -0.2) is 14.8 Å². The van der Waals surface area contributed by atoms with Crippen LogP contribution in [0.3, 0.4) is 0 Å². The molecule has 1 rings (SSSR count). The number of nitrogens with one attached hydrogen (secondary N) is 1. The summed E-state index contributed by atoms with van der Waals surface area (Å²) in [5.41, 5.74) is 0.371. The summed E-state index contributed by atoms with van der Waals surface area (Å²) in [6.07, 6.45) is 2.57.